The standard InChI is InChI=1S/C32H33NO10/c1-14-25(35)29(39)30(40)32(41-14)43-31-21(11-16-9-10-33-13-16)23-24(28(38)22(31)17-5-3-4-6-17)26(36)19-8-7-18(42-15(2)34)12-20(19)27(23)37/h7-9,12-14,17,25,29-30,32,35,38-40H,3-6,10-11H2,1-2H3/t14-,25-,29-,30-,32-/m1/s1. The SMILES string of the molecule is CC(=O)Oc1ccc2c(c1)C(=O)c1c(CC3=CCN=C3)c(O[C@H]3O[C@H](C)[C@@H](O)[C@@H](O)[C@H]3O)c(C3CCCC3)c(O)c1C2=O. The first-order valence-corrected chi connectivity index (χ1v) is 14.5. The number of carbonyl (C=O) groups excluding carboxylic acids is 3. The third-order valence-electron chi connectivity index (χ3n) is 8.66. The van der Waals surface area contributed by atoms with Gasteiger partial charge in [0.1, 0.15) is 35.6 Å². The van der Waals surface area contributed by atoms with Crippen molar-refractivity contribution in [2.45, 2.75) is 82.6 Å². The first-order valence-electron chi connectivity index (χ1n) is 14.5. The van der Waals surface area contributed by atoms with Gasteiger partial charge in [-0.2, -0.15) is 0 Å². The lowest BCUT2D eigenvalue weighted by Crippen LogP contribution is -2.58. The Bertz CT molecular complexity index is 1570. The van der Waals surface area contributed by atoms with E-state index in [-0.39, 0.29) is 51.8 Å². The number of allylic oxidation sites excluding steroid dienone is 1. The van der Waals surface area contributed by atoms with Crippen LogP contribution >= 0.6 is 0 Å². The molecule has 0 unspecified atom stereocenters. The fourth-order valence-electron chi connectivity index (χ4n) is 6.51. The Balaban J connectivity index is 1.58. The van der Waals surface area contributed by atoms with Crippen LogP contribution in [0.1, 0.15) is 88.4 Å². The predicted octanol–water partition coefficient (Wildman–Crippen LogP) is 2.51. The molecule has 0 spiro atoms. The number of phenolic OH excluding ortho intramolecular Hbond substituents is 1. The van der Waals surface area contributed by atoms with Crippen molar-refractivity contribution in [2.24, 2.45) is 4.99 Å². The number of nitrogens with zero attached hydrogens (tertiary/aromatic N) is 1. The van der Waals surface area contributed by atoms with Gasteiger partial charge in [0.2, 0.25) is 6.29 Å². The highest BCUT2D eigenvalue weighted by atomic mass is 16.7. The molecular formula is C32H33NO10. The molecule has 2 aromatic rings. The van der Waals surface area contributed by atoms with Crippen LogP contribution in [0.15, 0.2) is 34.8 Å². The zero-order valence-electron chi connectivity index (χ0n) is 23.8. The number of hydrogen-bond donors (Lipinski definition) is 4. The minimum atomic E-state index is -1.65. The van der Waals surface area contributed by atoms with E-state index in [1.165, 1.54) is 32.0 Å². The normalized spacial score (nSPS) is 26.7. The number of ether oxygens (including phenoxy) is 3. The number of aliphatic hydroxyl groups is 3. The van der Waals surface area contributed by atoms with Gasteiger partial charge in [-0.3, -0.25) is 19.4 Å². The zero-order valence-corrected chi connectivity index (χ0v) is 23.8. The Hall–Kier alpha value is -3.90. The molecule has 5 atom stereocenters. The molecule has 226 valence electrons. The average molecular weight is 592 g/mol. The molecular weight excluding hydrogens is 558 g/mol. The Kier molecular flexibility index (Phi) is 7.67. The highest BCUT2D eigenvalue weighted by Gasteiger charge is 2.46. The molecule has 2 fully saturated rings. The van der Waals surface area contributed by atoms with Gasteiger partial charge in [-0.25, -0.2) is 0 Å². The van der Waals surface area contributed by atoms with Crippen LogP contribution in [0.3, 0.4) is 0 Å². The molecule has 0 bridgehead atoms. The van der Waals surface area contributed by atoms with E-state index in [1.807, 2.05) is 6.08 Å². The molecule has 2 heterocycles. The maximum atomic E-state index is 14.3. The van der Waals surface area contributed by atoms with E-state index in [1.54, 1.807) is 6.21 Å². The number of hydrogen-bond acceptors (Lipinski definition) is 11. The summed E-state index contributed by atoms with van der Waals surface area (Å²) in [6.45, 7) is 3.19. The van der Waals surface area contributed by atoms with Gasteiger partial charge in [0.25, 0.3) is 0 Å². The minimum Gasteiger partial charge on any atom is -0.507 e. The Morgan fingerprint density at radius 2 is 1.74 bits per heavy atom. The van der Waals surface area contributed by atoms with Crippen LogP contribution in [0.4, 0.5) is 0 Å². The second kappa shape index (κ2) is 11.3. The topological polar surface area (TPSA) is 172 Å². The molecule has 0 aromatic heterocycles. The van der Waals surface area contributed by atoms with Gasteiger partial charge in [0.05, 0.1) is 18.2 Å². The molecule has 4 N–H and O–H groups in total. The van der Waals surface area contributed by atoms with E-state index in [9.17, 15) is 34.8 Å². The van der Waals surface area contributed by atoms with Crippen molar-refractivity contribution in [1.82, 2.24) is 0 Å². The summed E-state index contributed by atoms with van der Waals surface area (Å²) in [6, 6.07) is 4.16. The monoisotopic (exact) mass is 591 g/mol. The lowest BCUT2D eigenvalue weighted by atomic mass is 9.76. The van der Waals surface area contributed by atoms with Crippen LogP contribution < -0.4 is 9.47 Å². The molecule has 0 amide bonds. The summed E-state index contributed by atoms with van der Waals surface area (Å²) in [4.78, 5) is 44.1. The number of benzene rings is 2. The van der Waals surface area contributed by atoms with Gasteiger partial charge >= 0.3 is 5.97 Å². The van der Waals surface area contributed by atoms with E-state index in [0.717, 1.165) is 18.4 Å². The number of ketones is 2. The van der Waals surface area contributed by atoms with E-state index in [0.29, 0.717) is 30.5 Å². The molecule has 4 aliphatic rings. The lowest BCUT2D eigenvalue weighted by molar-refractivity contribution is -0.268. The molecule has 2 aliphatic carbocycles. The Morgan fingerprint density at radius 3 is 2.42 bits per heavy atom. The first kappa shape index (κ1) is 29.2. The van der Waals surface area contributed by atoms with E-state index < -0.39 is 48.2 Å². The van der Waals surface area contributed by atoms with Crippen LogP contribution in [-0.4, -0.2) is 81.4 Å². The molecule has 11 nitrogen and oxygen atoms in total. The first-order chi connectivity index (χ1) is 20.6. The van der Waals surface area contributed by atoms with Crippen molar-refractivity contribution in [2.75, 3.05) is 6.54 Å². The molecule has 0 radical (unpaired) electrons. The van der Waals surface area contributed by atoms with Crippen molar-refractivity contribution >= 4 is 23.8 Å². The van der Waals surface area contributed by atoms with Crippen molar-refractivity contribution in [3.05, 3.63) is 63.2 Å². The van der Waals surface area contributed by atoms with Gasteiger partial charge < -0.3 is 34.6 Å². The number of aromatic hydroxyl groups is 1. The number of carbonyl (C=O) groups is 3. The molecule has 1 saturated carbocycles. The average Bonchev–Trinajstić information content (AvgIpc) is 3.69. The van der Waals surface area contributed by atoms with Crippen LogP contribution in [0.5, 0.6) is 17.2 Å². The van der Waals surface area contributed by atoms with Gasteiger partial charge in [-0.05, 0) is 49.5 Å². The maximum Gasteiger partial charge on any atom is 0.308 e. The van der Waals surface area contributed by atoms with Crippen LogP contribution in [0.25, 0.3) is 0 Å². The molecule has 43 heavy (non-hydrogen) atoms. The van der Waals surface area contributed by atoms with Gasteiger partial charge in [-0.1, -0.05) is 18.9 Å². The van der Waals surface area contributed by atoms with E-state index >= 15 is 0 Å². The highest BCUT2D eigenvalue weighted by molar-refractivity contribution is 6.30. The summed E-state index contributed by atoms with van der Waals surface area (Å²) in [6.07, 6.45) is -0.123. The lowest BCUT2D eigenvalue weighted by Gasteiger charge is -2.40. The quantitative estimate of drug-likeness (QED) is 0.247. The van der Waals surface area contributed by atoms with Crippen molar-refractivity contribution in [3.8, 4) is 17.2 Å². The molecule has 6 rings (SSSR count). The number of rotatable bonds is 6. The predicted molar refractivity (Wildman–Crippen MR) is 152 cm³/mol. The van der Waals surface area contributed by atoms with E-state index in [4.69, 9.17) is 14.2 Å². The molecule has 2 aliphatic heterocycles. The van der Waals surface area contributed by atoms with Crippen LogP contribution in [-0.2, 0) is 16.0 Å². The zero-order chi connectivity index (χ0) is 30.6. The fraction of sp³-hybridized carbons (Fsp3) is 0.438. The number of aliphatic hydroxyl groups excluding tert-OH is 3. The second-order valence-corrected chi connectivity index (χ2v) is 11.5. The Morgan fingerprint density at radius 1 is 1.02 bits per heavy atom. The van der Waals surface area contributed by atoms with Crippen molar-refractivity contribution in [3.63, 3.8) is 0 Å². The van der Waals surface area contributed by atoms with Gasteiger partial charge in [0, 0.05) is 47.4 Å². The Labute approximate surface area is 247 Å². The third-order valence-corrected chi connectivity index (χ3v) is 8.66. The number of esters is 1. The highest BCUT2D eigenvalue weighted by Crippen LogP contribution is 2.51. The van der Waals surface area contributed by atoms with Gasteiger partial charge in [-0.15, -0.1) is 0 Å². The van der Waals surface area contributed by atoms with Crippen LogP contribution in [0.2, 0.25) is 0 Å². The second-order valence-electron chi connectivity index (χ2n) is 11.5. The van der Waals surface area contributed by atoms with E-state index in [2.05, 4.69) is 4.99 Å². The van der Waals surface area contributed by atoms with Gasteiger partial charge in [0.15, 0.2) is 11.6 Å². The largest absolute Gasteiger partial charge is 0.507 e. The molecule has 11 heteroatoms. The summed E-state index contributed by atoms with van der Waals surface area (Å²) >= 11 is 0. The molecule has 1 saturated heterocycles. The summed E-state index contributed by atoms with van der Waals surface area (Å²) in [5, 5.41) is 43.4. The van der Waals surface area contributed by atoms with Crippen molar-refractivity contribution < 1.29 is 49.0 Å². The summed E-state index contributed by atoms with van der Waals surface area (Å²) in [5.74, 6) is -2.13. The third kappa shape index (κ3) is 5.06. The molecule has 2 aromatic carbocycles. The van der Waals surface area contributed by atoms with Crippen molar-refractivity contribution in [1.29, 1.82) is 0 Å². The number of aliphatic imine (C=N–C) groups is 1. The smallest absolute Gasteiger partial charge is 0.308 e. The number of fused-ring (bicyclic) bond motifs is 2. The summed E-state index contributed by atoms with van der Waals surface area (Å²) in [7, 11) is 0. The minimum absolute atomic E-state index is 0.00616. The maximum absolute atomic E-state index is 14.3. The number of phenols is 1. The summed E-state index contributed by atoms with van der Waals surface area (Å²) in [5.41, 5.74) is 1.28. The van der Waals surface area contributed by atoms with Crippen LogP contribution in [0, 0.1) is 0 Å². The summed E-state index contributed by atoms with van der Waals surface area (Å²) < 4.78 is 17.3. The fourth-order valence-corrected chi connectivity index (χ4v) is 6.51.